The minimum absolute atomic E-state index is 0. The minimum Gasteiger partial charge on any atom is -0.207 e. The fourth-order valence-corrected chi connectivity index (χ4v) is 3.31. The average molecular weight is 408 g/mol. The van der Waals surface area contributed by atoms with Crippen molar-refractivity contribution < 1.29 is 17.6 Å². The first-order chi connectivity index (χ1) is 14.0. The molecule has 152 valence electrons. The van der Waals surface area contributed by atoms with E-state index in [1.54, 1.807) is 0 Å². The minimum atomic E-state index is -0.609. The van der Waals surface area contributed by atoms with Crippen LogP contribution < -0.4 is 0 Å². The van der Waals surface area contributed by atoms with Crippen LogP contribution in [0.25, 0.3) is 22.3 Å². The van der Waals surface area contributed by atoms with Gasteiger partial charge >= 0.3 is 0 Å². The molecule has 0 aromatic heterocycles. The summed E-state index contributed by atoms with van der Waals surface area (Å²) in [6.45, 7) is 0. The predicted molar refractivity (Wildman–Crippen MR) is 113 cm³/mol. The quantitative estimate of drug-likeness (QED) is 0.302. The fourth-order valence-electron chi connectivity index (χ4n) is 3.31. The summed E-state index contributed by atoms with van der Waals surface area (Å²) in [5.41, 5.74) is 4.51. The normalized spacial score (nSPS) is 10.5. The summed E-state index contributed by atoms with van der Waals surface area (Å²) in [4.78, 5) is 0. The molecule has 0 aliphatic heterocycles. The maximum absolute atomic E-state index is 13.4. The Hall–Kier alpha value is -3.40. The summed E-state index contributed by atoms with van der Waals surface area (Å²) in [6, 6.07) is 21.8. The molecule has 0 unspecified atom stereocenters. The smallest absolute Gasteiger partial charge is 0.126 e. The van der Waals surface area contributed by atoms with Crippen molar-refractivity contribution in [2.24, 2.45) is 0 Å². The summed E-state index contributed by atoms with van der Waals surface area (Å²) >= 11 is 0. The number of hydrogen-bond donors (Lipinski definition) is 0. The highest BCUT2D eigenvalue weighted by atomic mass is 19.1. The molecule has 0 saturated heterocycles. The molecule has 0 nitrogen and oxygen atoms in total. The van der Waals surface area contributed by atoms with Gasteiger partial charge in [-0.2, -0.15) is 0 Å². The lowest BCUT2D eigenvalue weighted by Gasteiger charge is -2.07. The fraction of sp³-hybridized carbons (Fsp3) is 0.0769. The van der Waals surface area contributed by atoms with Gasteiger partial charge in [-0.3, -0.25) is 0 Å². The molecule has 4 aromatic rings. The summed E-state index contributed by atoms with van der Waals surface area (Å²) in [7, 11) is 0. The molecular weight excluding hydrogens is 388 g/mol. The Morgan fingerprint density at radius 2 is 0.700 bits per heavy atom. The van der Waals surface area contributed by atoms with Crippen LogP contribution in [0.3, 0.4) is 0 Å². The second-order valence-corrected chi connectivity index (χ2v) is 6.89. The third kappa shape index (κ3) is 4.95. The van der Waals surface area contributed by atoms with Crippen molar-refractivity contribution in [3.63, 3.8) is 0 Å². The van der Waals surface area contributed by atoms with E-state index in [0.717, 1.165) is 34.4 Å². The molecule has 0 spiro atoms. The van der Waals surface area contributed by atoms with Gasteiger partial charge < -0.3 is 0 Å². The van der Waals surface area contributed by atoms with Crippen molar-refractivity contribution in [2.75, 3.05) is 0 Å². The first-order valence-corrected chi connectivity index (χ1v) is 9.07. The molecule has 4 rings (SSSR count). The molecule has 0 heterocycles. The lowest BCUT2D eigenvalue weighted by atomic mass is 9.98. The maximum Gasteiger partial charge on any atom is 0.126 e. The first-order valence-electron chi connectivity index (χ1n) is 9.07. The molecule has 0 aliphatic rings. The molecule has 0 aliphatic carbocycles. The summed E-state index contributed by atoms with van der Waals surface area (Å²) < 4.78 is 53.6. The van der Waals surface area contributed by atoms with E-state index in [4.69, 9.17) is 0 Å². The van der Waals surface area contributed by atoms with Gasteiger partial charge in [-0.1, -0.05) is 56.0 Å². The van der Waals surface area contributed by atoms with Gasteiger partial charge in [0.2, 0.25) is 0 Å². The van der Waals surface area contributed by atoms with Gasteiger partial charge in [0, 0.05) is 12.1 Å². The summed E-state index contributed by atoms with van der Waals surface area (Å²) in [6.07, 6.45) is 0.662. The van der Waals surface area contributed by atoms with E-state index in [-0.39, 0.29) is 7.43 Å². The van der Waals surface area contributed by atoms with Crippen LogP contribution in [0.1, 0.15) is 18.6 Å². The van der Waals surface area contributed by atoms with Crippen LogP contribution >= 0.6 is 0 Å². The van der Waals surface area contributed by atoms with Gasteiger partial charge in [0.25, 0.3) is 0 Å². The van der Waals surface area contributed by atoms with Gasteiger partial charge in [0.15, 0.2) is 0 Å². The monoisotopic (exact) mass is 408 g/mol. The van der Waals surface area contributed by atoms with Crippen molar-refractivity contribution in [3.8, 4) is 22.3 Å². The predicted octanol–water partition coefficient (Wildman–Crippen LogP) is 7.80. The third-order valence-corrected chi connectivity index (χ3v) is 4.71. The van der Waals surface area contributed by atoms with Gasteiger partial charge in [-0.05, 0) is 64.1 Å². The molecular formula is C26H20F4. The molecule has 0 amide bonds. The molecule has 0 bridgehead atoms. The van der Waals surface area contributed by atoms with E-state index >= 15 is 0 Å². The Kier molecular flexibility index (Phi) is 6.36. The van der Waals surface area contributed by atoms with E-state index in [0.29, 0.717) is 17.5 Å². The van der Waals surface area contributed by atoms with Gasteiger partial charge in [0.05, 0.1) is 0 Å². The Morgan fingerprint density at radius 3 is 1.00 bits per heavy atom. The Morgan fingerprint density at radius 1 is 0.400 bits per heavy atom. The van der Waals surface area contributed by atoms with E-state index < -0.39 is 23.3 Å². The molecule has 0 radical (unpaired) electrons. The first kappa shape index (κ1) is 21.3. The zero-order valence-corrected chi connectivity index (χ0v) is 15.3. The average Bonchev–Trinajstić information content (AvgIpc) is 2.68. The topological polar surface area (TPSA) is 0 Å². The summed E-state index contributed by atoms with van der Waals surface area (Å²) in [5.74, 6) is -2.44. The second kappa shape index (κ2) is 8.95. The zero-order valence-electron chi connectivity index (χ0n) is 15.3. The highest BCUT2D eigenvalue weighted by Crippen LogP contribution is 2.25. The van der Waals surface area contributed by atoms with Crippen molar-refractivity contribution in [1.82, 2.24) is 0 Å². The Labute approximate surface area is 173 Å². The molecule has 0 N–H and O–H groups in total. The highest BCUT2D eigenvalue weighted by molar-refractivity contribution is 5.65. The van der Waals surface area contributed by atoms with Crippen molar-refractivity contribution in [2.45, 2.75) is 13.8 Å². The number of rotatable bonds is 4. The molecule has 30 heavy (non-hydrogen) atoms. The molecule has 0 fully saturated rings. The number of benzene rings is 4. The zero-order chi connectivity index (χ0) is 20.4. The van der Waals surface area contributed by atoms with Crippen molar-refractivity contribution in [3.05, 3.63) is 119 Å². The third-order valence-electron chi connectivity index (χ3n) is 4.71. The van der Waals surface area contributed by atoms with Crippen molar-refractivity contribution >= 4 is 0 Å². The van der Waals surface area contributed by atoms with E-state index in [1.807, 2.05) is 48.5 Å². The van der Waals surface area contributed by atoms with Crippen LogP contribution in [0.15, 0.2) is 84.9 Å². The van der Waals surface area contributed by atoms with Crippen LogP contribution in [-0.2, 0) is 6.42 Å². The molecule has 0 atom stereocenters. The Balaban J connectivity index is 0.00000256. The SMILES string of the molecule is C.Fc1cc(F)cc(-c2ccc(Cc3ccc(-c4cc(F)cc(F)c4)cc3)cc2)c1. The van der Waals surface area contributed by atoms with Gasteiger partial charge in [0.1, 0.15) is 23.3 Å². The Bertz CT molecular complexity index is 1010. The standard InChI is InChI=1S/C25H16F4.CH4/c26-22-10-20(11-23(27)14-22)18-5-1-16(2-6-18)9-17-3-7-19(8-4-17)21-12-24(28)15-25(29)13-21;/h1-8,10-15H,9H2;1H4. The lowest BCUT2D eigenvalue weighted by molar-refractivity contribution is 0.583. The largest absolute Gasteiger partial charge is 0.207 e. The van der Waals surface area contributed by atoms with Crippen LogP contribution in [0.5, 0.6) is 0 Å². The number of halogens is 4. The summed E-state index contributed by atoms with van der Waals surface area (Å²) in [5, 5.41) is 0. The highest BCUT2D eigenvalue weighted by Gasteiger charge is 2.06. The molecule has 4 aromatic carbocycles. The van der Waals surface area contributed by atoms with Crippen LogP contribution in [0.4, 0.5) is 17.6 Å². The van der Waals surface area contributed by atoms with E-state index in [2.05, 4.69) is 0 Å². The lowest BCUT2D eigenvalue weighted by Crippen LogP contribution is -1.90. The van der Waals surface area contributed by atoms with Gasteiger partial charge in [-0.15, -0.1) is 0 Å². The van der Waals surface area contributed by atoms with E-state index in [1.165, 1.54) is 24.3 Å². The number of hydrogen-bond acceptors (Lipinski definition) is 0. The van der Waals surface area contributed by atoms with Crippen LogP contribution in [0, 0.1) is 23.3 Å². The van der Waals surface area contributed by atoms with Crippen molar-refractivity contribution in [1.29, 1.82) is 0 Å². The van der Waals surface area contributed by atoms with Crippen LogP contribution in [-0.4, -0.2) is 0 Å². The second-order valence-electron chi connectivity index (χ2n) is 6.89. The molecule has 4 heteroatoms. The van der Waals surface area contributed by atoms with E-state index in [9.17, 15) is 17.6 Å². The van der Waals surface area contributed by atoms with Gasteiger partial charge in [-0.25, -0.2) is 17.6 Å². The van der Waals surface area contributed by atoms with Crippen LogP contribution in [0.2, 0.25) is 0 Å². The maximum atomic E-state index is 13.4. The molecule has 0 saturated carbocycles.